The van der Waals surface area contributed by atoms with Crippen molar-refractivity contribution in [3.05, 3.63) is 159 Å². The van der Waals surface area contributed by atoms with Gasteiger partial charge < -0.3 is 54.6 Å². The van der Waals surface area contributed by atoms with Gasteiger partial charge in [-0.2, -0.15) is 0 Å². The third-order valence-corrected chi connectivity index (χ3v) is 14.3. The van der Waals surface area contributed by atoms with Crippen molar-refractivity contribution in [2.45, 2.75) is 82.3 Å². The number of nitrogens with zero attached hydrogens (tertiary/aromatic N) is 1. The van der Waals surface area contributed by atoms with Gasteiger partial charge in [0.15, 0.2) is 17.3 Å². The van der Waals surface area contributed by atoms with Crippen molar-refractivity contribution in [3.63, 3.8) is 0 Å². The van der Waals surface area contributed by atoms with E-state index in [4.69, 9.17) is 18.9 Å². The topological polar surface area (TPSA) is 166 Å². The quantitative estimate of drug-likeness (QED) is 0.0693. The lowest BCUT2D eigenvalue weighted by molar-refractivity contribution is 0.0834. The van der Waals surface area contributed by atoms with Crippen LogP contribution in [0.5, 0.6) is 28.7 Å². The molecule has 71 heavy (non-hydrogen) atoms. The fraction of sp³-hybridized carbons (Fsp3) is 0.339. The number of aromatic hydroxyl groups is 1. The number of aliphatic hydroxyl groups is 3. The number of hydrogen-bond donors (Lipinski definition) is 6. The van der Waals surface area contributed by atoms with Gasteiger partial charge in [0.05, 0.1) is 63.0 Å². The highest BCUT2D eigenvalue weighted by molar-refractivity contribution is 6.05. The predicted octanol–water partition coefficient (Wildman–Crippen LogP) is 8.28. The maximum absolute atomic E-state index is 15.0. The Morgan fingerprint density at radius 3 is 2.52 bits per heavy atom. The van der Waals surface area contributed by atoms with Crippen molar-refractivity contribution < 1.29 is 44.2 Å². The number of benzene rings is 5. The van der Waals surface area contributed by atoms with Gasteiger partial charge in [0.1, 0.15) is 29.0 Å². The number of phenolic OH excluding ortho intramolecular Hbond substituents is 1. The molecule has 5 aliphatic rings. The molecule has 366 valence electrons. The monoisotopic (exact) mass is 955 g/mol. The molecular formula is C59H61N3O9. The van der Waals surface area contributed by atoms with Crippen molar-refractivity contribution in [1.82, 2.24) is 10.3 Å². The van der Waals surface area contributed by atoms with Gasteiger partial charge in [-0.05, 0) is 82.8 Å². The van der Waals surface area contributed by atoms with Crippen LogP contribution in [0, 0.1) is 17.8 Å². The number of aryl methyl sites for hydroxylation is 1. The fourth-order valence-corrected chi connectivity index (χ4v) is 10.5. The lowest BCUT2D eigenvalue weighted by atomic mass is 9.84. The zero-order valence-electron chi connectivity index (χ0n) is 40.2. The first kappa shape index (κ1) is 47.7. The van der Waals surface area contributed by atoms with Crippen LogP contribution in [0.1, 0.15) is 86.8 Å². The molecule has 0 saturated carbocycles. The van der Waals surface area contributed by atoms with Crippen LogP contribution in [-0.4, -0.2) is 89.4 Å². The summed E-state index contributed by atoms with van der Waals surface area (Å²) in [7, 11) is 1.51. The Kier molecular flexibility index (Phi) is 14.2. The van der Waals surface area contributed by atoms with Gasteiger partial charge >= 0.3 is 0 Å². The molecule has 5 aromatic carbocycles. The van der Waals surface area contributed by atoms with Crippen LogP contribution in [0.3, 0.4) is 0 Å². The van der Waals surface area contributed by atoms with E-state index in [1.54, 1.807) is 30.3 Å². The van der Waals surface area contributed by atoms with E-state index in [-0.39, 0.29) is 91.4 Å². The number of aliphatic hydroxyl groups excluding tert-OH is 3. The number of phenols is 1. The summed E-state index contributed by atoms with van der Waals surface area (Å²) in [5.74, 6) is 8.15. The van der Waals surface area contributed by atoms with Gasteiger partial charge in [0, 0.05) is 43.3 Å². The van der Waals surface area contributed by atoms with Crippen LogP contribution < -0.4 is 29.2 Å². The molecule has 0 spiro atoms. The lowest BCUT2D eigenvalue weighted by Crippen LogP contribution is -2.58. The molecule has 12 heteroatoms. The molecular weight excluding hydrogens is 895 g/mol. The summed E-state index contributed by atoms with van der Waals surface area (Å²) in [5, 5.41) is 47.0. The molecule has 1 aromatic heterocycles. The number of carbonyl (C=O) groups is 1. The number of anilines is 1. The number of rotatable bonds is 11. The Labute approximate surface area is 414 Å². The minimum atomic E-state index is -0.862. The van der Waals surface area contributed by atoms with Gasteiger partial charge in [-0.15, -0.1) is 0 Å². The standard InChI is InChI=1S/C59H61N3O9/c1-3-45-31-48-42-11-7-10-37(26-42)27-43-17-21-49-50(62(24-23-60-49)59(48)61-45)30-38-12-14-41(44(28-38)34-64)29-39(33-63)35-70-56-53(43)55-54(51(67)32-52(71-55)40-15-19-46(65)20-16-40)57(58(56)68-2)69-25-22-47(66)18-13-36-8-5-4-6-9-36/h4-16,18-20,26,28,31,39,43,47,49-50,52,60-61,63-66H,3,22-25,27,29-30,32-35H2,1-2H3/b18-13+/t39-,43-,47-,49-,50+,52?/m0/s1. The molecule has 11 rings (SSSR count). The predicted molar refractivity (Wildman–Crippen MR) is 274 cm³/mol. The number of ketones is 1. The number of aromatic amines is 1. The molecule has 12 nitrogen and oxygen atoms in total. The number of carbonyl (C=O) groups excluding carboxylic acids is 1. The number of ether oxygens (including phenoxy) is 4. The van der Waals surface area contributed by atoms with Gasteiger partial charge in [-0.3, -0.25) is 4.79 Å². The smallest absolute Gasteiger partial charge is 0.204 e. The molecule has 1 unspecified atom stereocenters. The highest BCUT2D eigenvalue weighted by atomic mass is 16.5. The first-order chi connectivity index (χ1) is 34.7. The van der Waals surface area contributed by atoms with E-state index in [0.29, 0.717) is 36.9 Å². The van der Waals surface area contributed by atoms with Crippen molar-refractivity contribution in [1.29, 1.82) is 0 Å². The van der Waals surface area contributed by atoms with E-state index >= 15 is 4.79 Å². The molecule has 6 heterocycles. The lowest BCUT2D eigenvalue weighted by Gasteiger charge is -2.42. The minimum absolute atomic E-state index is 0.0118. The van der Waals surface area contributed by atoms with Crippen LogP contribution in [0.15, 0.2) is 109 Å². The van der Waals surface area contributed by atoms with Crippen molar-refractivity contribution in [2.75, 3.05) is 44.9 Å². The molecule has 5 aliphatic heterocycles. The normalized spacial score (nSPS) is 20.9. The summed E-state index contributed by atoms with van der Waals surface area (Å²) >= 11 is 0. The third kappa shape index (κ3) is 10.0. The van der Waals surface area contributed by atoms with Crippen molar-refractivity contribution in [3.8, 4) is 51.7 Å². The van der Waals surface area contributed by atoms with E-state index in [9.17, 15) is 20.4 Å². The van der Waals surface area contributed by atoms with Crippen LogP contribution in [0.4, 0.5) is 5.82 Å². The van der Waals surface area contributed by atoms with Crippen LogP contribution in [-0.2, 0) is 32.3 Å². The number of nitrogens with one attached hydrogen (secondary N) is 2. The number of H-pyrrole nitrogens is 1. The molecule has 6 N–H and O–H groups in total. The SMILES string of the molecule is CCc1cc2c([nH]1)N1CCN[C@H]3C#C[C@@H](Cc4cccc-2c4)c2c(c(OC)c(OCC[C@@H](O)/C=C/c4ccccc4)c4c2OC(c2ccc(O)cc2)CC4=O)OC[C@H](CO)Cc2ccc(cc2CO)C[C@H]31. The maximum Gasteiger partial charge on any atom is 0.204 e. The van der Waals surface area contributed by atoms with E-state index in [2.05, 4.69) is 82.5 Å². The second-order valence-corrected chi connectivity index (χ2v) is 19.0. The Morgan fingerprint density at radius 2 is 1.73 bits per heavy atom. The number of methoxy groups -OCH3 is 1. The Hall–Kier alpha value is -7.01. The van der Waals surface area contributed by atoms with Crippen molar-refractivity contribution >= 4 is 17.7 Å². The maximum atomic E-state index is 15.0. The van der Waals surface area contributed by atoms with Crippen LogP contribution >= 0.6 is 0 Å². The van der Waals surface area contributed by atoms with Gasteiger partial charge in [0.25, 0.3) is 0 Å². The van der Waals surface area contributed by atoms with Crippen LogP contribution in [0.2, 0.25) is 0 Å². The van der Waals surface area contributed by atoms with Crippen molar-refractivity contribution in [2.24, 2.45) is 5.92 Å². The molecule has 0 amide bonds. The van der Waals surface area contributed by atoms with E-state index in [1.165, 1.54) is 7.11 Å². The summed E-state index contributed by atoms with van der Waals surface area (Å²) < 4.78 is 27.1. The van der Waals surface area contributed by atoms with Gasteiger partial charge in [0.2, 0.25) is 5.75 Å². The average Bonchev–Trinajstić information content (AvgIpc) is 3.83. The number of piperazine rings is 1. The molecule has 6 aromatic rings. The highest BCUT2D eigenvalue weighted by Crippen LogP contribution is 2.56. The summed E-state index contributed by atoms with van der Waals surface area (Å²) in [6.07, 6.45) is 4.40. The molecule has 0 aliphatic carbocycles. The van der Waals surface area contributed by atoms with Crippen LogP contribution in [0.25, 0.3) is 17.2 Å². The van der Waals surface area contributed by atoms with E-state index in [1.807, 2.05) is 36.4 Å². The summed E-state index contributed by atoms with van der Waals surface area (Å²) in [4.78, 5) is 21.3. The molecule has 0 radical (unpaired) electrons. The zero-order chi connectivity index (χ0) is 49.0. The first-order valence-electron chi connectivity index (χ1n) is 24.8. The third-order valence-electron chi connectivity index (χ3n) is 14.3. The Morgan fingerprint density at radius 1 is 0.901 bits per heavy atom. The molecule has 1 saturated heterocycles. The molecule has 8 bridgehead atoms. The fourth-order valence-electron chi connectivity index (χ4n) is 10.5. The number of fused-ring (bicyclic) bond motifs is 11. The van der Waals surface area contributed by atoms with Gasteiger partial charge in [-0.25, -0.2) is 0 Å². The number of hydrogen-bond acceptors (Lipinski definition) is 11. The zero-order valence-corrected chi connectivity index (χ0v) is 40.2. The molecule has 6 atom stereocenters. The van der Waals surface area contributed by atoms with E-state index < -0.39 is 24.0 Å². The number of aromatic nitrogens is 1. The van der Waals surface area contributed by atoms with E-state index in [0.717, 1.165) is 63.4 Å². The second-order valence-electron chi connectivity index (χ2n) is 19.0. The minimum Gasteiger partial charge on any atom is -0.508 e. The summed E-state index contributed by atoms with van der Waals surface area (Å²) in [5.41, 5.74) is 9.39. The summed E-state index contributed by atoms with van der Waals surface area (Å²) in [6, 6.07) is 32.9. The van der Waals surface area contributed by atoms with Gasteiger partial charge in [-0.1, -0.05) is 116 Å². The highest BCUT2D eigenvalue weighted by Gasteiger charge is 2.41. The number of Topliss-reactive ketones (excluding diaryl/α,β-unsaturated/α-hetero) is 1. The average molecular weight is 956 g/mol. The summed E-state index contributed by atoms with van der Waals surface area (Å²) in [6.45, 7) is 3.20. The largest absolute Gasteiger partial charge is 0.508 e. The molecule has 1 fully saturated rings. The second kappa shape index (κ2) is 21.1. The Bertz CT molecular complexity index is 2970. The first-order valence-corrected chi connectivity index (χ1v) is 24.8. The Balaban J connectivity index is 1.19.